The molecule has 2 amide bonds. The van der Waals surface area contributed by atoms with Gasteiger partial charge >= 0.3 is 6.18 Å². The van der Waals surface area contributed by atoms with Gasteiger partial charge in [-0.3, -0.25) is 9.59 Å². The fourth-order valence-electron chi connectivity index (χ4n) is 1.84. The van der Waals surface area contributed by atoms with Crippen LogP contribution in [0.1, 0.15) is 18.1 Å². The molecule has 0 aromatic heterocycles. The van der Waals surface area contributed by atoms with Crippen LogP contribution in [0.4, 0.5) is 13.2 Å². The largest absolute Gasteiger partial charge is 0.416 e. The summed E-state index contributed by atoms with van der Waals surface area (Å²) in [5, 5.41) is 4.94. The van der Waals surface area contributed by atoms with Crippen LogP contribution in [0.2, 0.25) is 0 Å². The number of alkyl halides is 3. The molecule has 0 aliphatic carbocycles. The topological polar surface area (TPSA) is 58.2 Å². The fourth-order valence-corrected chi connectivity index (χ4v) is 1.84. The lowest BCUT2D eigenvalue weighted by molar-refractivity contribution is -0.137. The number of benzene rings is 1. The van der Waals surface area contributed by atoms with E-state index in [9.17, 15) is 22.8 Å². The molecule has 7 heteroatoms. The Morgan fingerprint density at radius 3 is 2.26 bits per heavy atom. The number of carbonyl (C=O) groups excluding carboxylic acids is 2. The van der Waals surface area contributed by atoms with E-state index in [1.807, 2.05) is 0 Å². The van der Waals surface area contributed by atoms with Gasteiger partial charge in [-0.1, -0.05) is 24.8 Å². The van der Waals surface area contributed by atoms with E-state index in [-0.39, 0.29) is 30.1 Å². The zero-order chi connectivity index (χ0) is 17.5. The summed E-state index contributed by atoms with van der Waals surface area (Å²) in [5.74, 6) is -0.905. The van der Waals surface area contributed by atoms with Gasteiger partial charge in [0.2, 0.25) is 11.8 Å². The normalized spacial score (nSPS) is 11.7. The molecule has 23 heavy (non-hydrogen) atoms. The minimum atomic E-state index is -4.49. The first-order valence-electron chi connectivity index (χ1n) is 6.78. The number of halogens is 3. The van der Waals surface area contributed by atoms with Crippen LogP contribution in [0.3, 0.4) is 0 Å². The van der Waals surface area contributed by atoms with Crippen LogP contribution in [-0.2, 0) is 15.8 Å². The third-order valence-electron chi connectivity index (χ3n) is 2.91. The first-order chi connectivity index (χ1) is 10.8. The van der Waals surface area contributed by atoms with E-state index in [1.54, 1.807) is 0 Å². The first kappa shape index (κ1) is 18.5. The molecule has 1 rings (SSSR count). The van der Waals surface area contributed by atoms with Crippen LogP contribution in [0, 0.1) is 0 Å². The Morgan fingerprint density at radius 1 is 1.13 bits per heavy atom. The minimum absolute atomic E-state index is 0.0462. The van der Waals surface area contributed by atoms with Gasteiger partial charge in [-0.25, -0.2) is 0 Å². The van der Waals surface area contributed by atoms with Crippen molar-refractivity contribution in [2.45, 2.75) is 13.1 Å². The Labute approximate surface area is 132 Å². The predicted octanol–water partition coefficient (Wildman–Crippen LogP) is 2.53. The quantitative estimate of drug-likeness (QED) is 0.623. The molecule has 1 aromatic carbocycles. The van der Waals surface area contributed by atoms with E-state index in [4.69, 9.17) is 0 Å². The molecular formula is C16H17F3N2O2. The number of carbonyl (C=O) groups is 2. The summed E-state index contributed by atoms with van der Waals surface area (Å²) in [6, 6.07) is 5.05. The molecule has 1 aromatic rings. The van der Waals surface area contributed by atoms with Crippen molar-refractivity contribution in [3.63, 3.8) is 0 Å². The molecule has 0 spiro atoms. The molecule has 0 bridgehead atoms. The molecule has 124 valence electrons. The minimum Gasteiger partial charge on any atom is -0.351 e. The van der Waals surface area contributed by atoms with Gasteiger partial charge in [0, 0.05) is 19.2 Å². The third kappa shape index (κ3) is 5.98. The molecule has 0 atom stereocenters. The molecule has 0 saturated carbocycles. The number of hydrogen-bond donors (Lipinski definition) is 2. The second-order valence-electron chi connectivity index (χ2n) is 4.66. The predicted molar refractivity (Wildman–Crippen MR) is 81.3 cm³/mol. The molecule has 0 aliphatic rings. The number of amides is 2. The van der Waals surface area contributed by atoms with Crippen LogP contribution in [-0.4, -0.2) is 24.9 Å². The van der Waals surface area contributed by atoms with Crippen molar-refractivity contribution in [2.75, 3.05) is 13.1 Å². The second kappa shape index (κ2) is 8.17. The van der Waals surface area contributed by atoms with Gasteiger partial charge in [-0.15, -0.1) is 0 Å². The van der Waals surface area contributed by atoms with Gasteiger partial charge < -0.3 is 10.6 Å². The number of allylic oxidation sites excluding steroid dienone is 1. The molecule has 0 heterocycles. The summed E-state index contributed by atoms with van der Waals surface area (Å²) in [7, 11) is 0. The van der Waals surface area contributed by atoms with E-state index in [1.165, 1.54) is 25.1 Å². The molecule has 0 fully saturated rings. The van der Waals surface area contributed by atoms with Crippen molar-refractivity contribution in [3.8, 4) is 0 Å². The van der Waals surface area contributed by atoms with Gasteiger partial charge in [0.1, 0.15) is 0 Å². The summed E-state index contributed by atoms with van der Waals surface area (Å²) in [5.41, 5.74) is -0.638. The third-order valence-corrected chi connectivity index (χ3v) is 2.91. The maximum Gasteiger partial charge on any atom is 0.416 e. The van der Waals surface area contributed by atoms with Crippen LogP contribution in [0.25, 0.3) is 5.57 Å². The van der Waals surface area contributed by atoms with E-state index < -0.39 is 17.6 Å². The van der Waals surface area contributed by atoms with E-state index in [2.05, 4.69) is 17.2 Å². The maximum atomic E-state index is 12.9. The maximum absolute atomic E-state index is 12.9. The van der Waals surface area contributed by atoms with Crippen molar-refractivity contribution in [1.29, 1.82) is 0 Å². The lowest BCUT2D eigenvalue weighted by atomic mass is 10.00. The van der Waals surface area contributed by atoms with E-state index >= 15 is 0 Å². The van der Waals surface area contributed by atoms with E-state index in [0.29, 0.717) is 0 Å². The van der Waals surface area contributed by atoms with Gasteiger partial charge in [0.25, 0.3) is 0 Å². The first-order valence-corrected chi connectivity index (χ1v) is 6.78. The van der Waals surface area contributed by atoms with Crippen LogP contribution in [0.5, 0.6) is 0 Å². The second-order valence-corrected chi connectivity index (χ2v) is 4.66. The molecule has 0 saturated heterocycles. The Kier molecular flexibility index (Phi) is 6.56. The summed E-state index contributed by atoms with van der Waals surface area (Å²) < 4.78 is 38.8. The lowest BCUT2D eigenvalue weighted by Gasteiger charge is -2.13. The fraction of sp³-hybridized carbons (Fsp3) is 0.250. The van der Waals surface area contributed by atoms with Crippen molar-refractivity contribution in [1.82, 2.24) is 10.6 Å². The van der Waals surface area contributed by atoms with Gasteiger partial charge in [-0.2, -0.15) is 13.2 Å². The summed E-state index contributed by atoms with van der Waals surface area (Å²) in [6.07, 6.45) is -2.29. The van der Waals surface area contributed by atoms with Gasteiger partial charge in [-0.05, 0) is 30.2 Å². The Morgan fingerprint density at radius 2 is 1.70 bits per heavy atom. The van der Waals surface area contributed by atoms with Gasteiger partial charge in [0.15, 0.2) is 0 Å². The number of nitrogens with one attached hydrogen (secondary N) is 2. The van der Waals surface area contributed by atoms with Crippen LogP contribution in [0.15, 0.2) is 43.0 Å². The van der Waals surface area contributed by atoms with E-state index in [0.717, 1.165) is 18.2 Å². The molecule has 2 N–H and O–H groups in total. The SMILES string of the molecule is C=CC(=O)NCCNC(=O)/C=C(/C)c1ccccc1C(F)(F)F. The van der Waals surface area contributed by atoms with Crippen molar-refractivity contribution >= 4 is 17.4 Å². The average molecular weight is 326 g/mol. The highest BCUT2D eigenvalue weighted by Gasteiger charge is 2.33. The highest BCUT2D eigenvalue weighted by molar-refractivity contribution is 5.95. The lowest BCUT2D eigenvalue weighted by Crippen LogP contribution is -2.33. The highest BCUT2D eigenvalue weighted by Crippen LogP contribution is 2.34. The van der Waals surface area contributed by atoms with Crippen molar-refractivity contribution < 1.29 is 22.8 Å². The highest BCUT2D eigenvalue weighted by atomic mass is 19.4. The average Bonchev–Trinajstić information content (AvgIpc) is 2.50. The summed E-state index contributed by atoms with van der Waals surface area (Å²) >= 11 is 0. The summed E-state index contributed by atoms with van der Waals surface area (Å²) in [6.45, 7) is 5.06. The number of rotatable bonds is 6. The molecule has 4 nitrogen and oxygen atoms in total. The standard InChI is InChI=1S/C16H17F3N2O2/c1-3-14(22)20-8-9-21-15(23)10-11(2)12-6-4-5-7-13(12)16(17,18)19/h3-7,10H,1,8-9H2,2H3,(H,20,22)(H,21,23)/b11-10-. The molecule has 0 unspecified atom stereocenters. The molecule has 0 aliphatic heterocycles. The molecular weight excluding hydrogens is 309 g/mol. The Balaban J connectivity index is 2.72. The van der Waals surface area contributed by atoms with Crippen LogP contribution >= 0.6 is 0 Å². The smallest absolute Gasteiger partial charge is 0.351 e. The molecule has 0 radical (unpaired) electrons. The Hall–Kier alpha value is -2.57. The van der Waals surface area contributed by atoms with Gasteiger partial charge in [0.05, 0.1) is 5.56 Å². The van der Waals surface area contributed by atoms with Crippen molar-refractivity contribution in [3.05, 3.63) is 54.1 Å². The van der Waals surface area contributed by atoms with Crippen LogP contribution < -0.4 is 10.6 Å². The van der Waals surface area contributed by atoms with Crippen molar-refractivity contribution in [2.24, 2.45) is 0 Å². The zero-order valence-electron chi connectivity index (χ0n) is 12.5. The zero-order valence-corrected chi connectivity index (χ0v) is 12.5. The monoisotopic (exact) mass is 326 g/mol. The number of hydrogen-bond acceptors (Lipinski definition) is 2. The Bertz CT molecular complexity index is 622. The summed E-state index contributed by atoms with van der Waals surface area (Å²) in [4.78, 5) is 22.6.